The van der Waals surface area contributed by atoms with Gasteiger partial charge in [-0.1, -0.05) is 0 Å². The van der Waals surface area contributed by atoms with Crippen molar-refractivity contribution in [3.63, 3.8) is 0 Å². The number of aliphatic hydroxyl groups is 1. The number of nitrogens with zero attached hydrogens (tertiary/aromatic N) is 2. The molecule has 0 unspecified atom stereocenters. The minimum Gasteiger partial charge on any atom is -0.497 e. The summed E-state index contributed by atoms with van der Waals surface area (Å²) in [5.41, 5.74) is -0.541. The van der Waals surface area contributed by atoms with Crippen molar-refractivity contribution in [3.05, 3.63) is 71.3 Å². The molecular weight excluding hydrogens is 550 g/mol. The van der Waals surface area contributed by atoms with E-state index in [2.05, 4.69) is 20.5 Å². The number of H-pyrrole nitrogens is 1. The Morgan fingerprint density at radius 1 is 1.20 bits per heavy atom. The van der Waals surface area contributed by atoms with Crippen molar-refractivity contribution >= 4 is 22.7 Å². The number of alkyl halides is 3. The zero-order valence-electron chi connectivity index (χ0n) is 21.6. The summed E-state index contributed by atoms with van der Waals surface area (Å²) in [6, 6.07) is 10.2. The lowest BCUT2D eigenvalue weighted by Crippen LogP contribution is -2.52. The minimum absolute atomic E-state index is 0.0350. The minimum atomic E-state index is -5.36. The standard InChI is InChI=1S/C27H23F4N5O5/c1-25(24(32)38)12-41-22-17(25)10-19(34-20(22)13-3-5-14(28)6-4-13)26(39,27(29,30)31)11-33-23(37)21-16-9-15(40-2)7-8-18(16)35-36-21/h3-10,39H,11-12H2,1-2H3,(H2,32,38)(H,33,37)(H,35,36)/t25-,26-/m0/s1. The van der Waals surface area contributed by atoms with Gasteiger partial charge in [0.05, 0.1) is 24.9 Å². The molecule has 2 aromatic carbocycles. The molecule has 5 rings (SSSR count). The molecular formula is C27H23F4N5O5. The molecule has 41 heavy (non-hydrogen) atoms. The molecule has 0 bridgehead atoms. The molecule has 214 valence electrons. The summed E-state index contributed by atoms with van der Waals surface area (Å²) >= 11 is 0. The van der Waals surface area contributed by atoms with Crippen LogP contribution in [0, 0.1) is 5.82 Å². The number of carbonyl (C=O) groups is 2. The van der Waals surface area contributed by atoms with E-state index in [-0.39, 0.29) is 40.3 Å². The van der Waals surface area contributed by atoms with E-state index < -0.39 is 47.1 Å². The number of hydrogen-bond acceptors (Lipinski definition) is 7. The molecule has 4 aromatic rings. The first-order valence-corrected chi connectivity index (χ1v) is 12.1. The number of ether oxygens (including phenoxy) is 2. The van der Waals surface area contributed by atoms with E-state index in [1.54, 1.807) is 12.1 Å². The quantitative estimate of drug-likeness (QED) is 0.248. The monoisotopic (exact) mass is 573 g/mol. The van der Waals surface area contributed by atoms with Crippen LogP contribution in [0.2, 0.25) is 0 Å². The van der Waals surface area contributed by atoms with Crippen molar-refractivity contribution in [2.45, 2.75) is 24.1 Å². The molecule has 1 aliphatic heterocycles. The molecule has 0 saturated heterocycles. The van der Waals surface area contributed by atoms with Gasteiger partial charge in [0.25, 0.3) is 5.91 Å². The van der Waals surface area contributed by atoms with Crippen molar-refractivity contribution in [1.82, 2.24) is 20.5 Å². The van der Waals surface area contributed by atoms with Crippen LogP contribution < -0.4 is 20.5 Å². The molecule has 10 nitrogen and oxygen atoms in total. The van der Waals surface area contributed by atoms with Crippen LogP contribution in [0.15, 0.2) is 48.5 Å². The smallest absolute Gasteiger partial charge is 0.424 e. The Labute approximate surface area is 229 Å². The number of nitrogens with two attached hydrogens (primary N) is 1. The number of nitrogens with one attached hydrogen (secondary N) is 2. The first kappa shape index (κ1) is 27.8. The van der Waals surface area contributed by atoms with Gasteiger partial charge in [-0.05, 0) is 55.5 Å². The van der Waals surface area contributed by atoms with Crippen LogP contribution in [0.5, 0.6) is 11.5 Å². The molecule has 0 radical (unpaired) electrons. The highest BCUT2D eigenvalue weighted by molar-refractivity contribution is 6.05. The highest BCUT2D eigenvalue weighted by atomic mass is 19.4. The molecule has 14 heteroatoms. The number of methoxy groups -OCH3 is 1. The van der Waals surface area contributed by atoms with Gasteiger partial charge in [0.15, 0.2) is 5.69 Å². The number of pyridine rings is 1. The van der Waals surface area contributed by atoms with E-state index in [0.29, 0.717) is 11.3 Å². The second-order valence-corrected chi connectivity index (χ2v) is 9.75. The third-order valence-corrected chi connectivity index (χ3v) is 7.12. The number of hydrogen-bond donors (Lipinski definition) is 4. The fraction of sp³-hybridized carbons (Fsp3) is 0.259. The van der Waals surface area contributed by atoms with Gasteiger partial charge in [-0.15, -0.1) is 0 Å². The average molecular weight is 574 g/mol. The van der Waals surface area contributed by atoms with Gasteiger partial charge in [-0.3, -0.25) is 14.7 Å². The molecule has 2 aromatic heterocycles. The first-order valence-electron chi connectivity index (χ1n) is 12.1. The second-order valence-electron chi connectivity index (χ2n) is 9.75. The van der Waals surface area contributed by atoms with Gasteiger partial charge in [0.2, 0.25) is 11.5 Å². The number of benzene rings is 2. The highest BCUT2D eigenvalue weighted by Gasteiger charge is 2.57. The van der Waals surface area contributed by atoms with Gasteiger partial charge >= 0.3 is 6.18 Å². The summed E-state index contributed by atoms with van der Waals surface area (Å²) < 4.78 is 68.1. The number of aromatic nitrogens is 3. The summed E-state index contributed by atoms with van der Waals surface area (Å²) in [6.07, 6.45) is -5.36. The SMILES string of the molecule is COc1ccc2[nH]nc(C(=O)NC[C@](O)(c3cc4c(c(-c5ccc(F)cc5)n3)OC[C@]4(C)C(N)=O)C(F)(F)F)c2c1. The molecule has 0 saturated carbocycles. The number of halogens is 4. The van der Waals surface area contributed by atoms with Crippen LogP contribution in [0.3, 0.4) is 0 Å². The van der Waals surface area contributed by atoms with E-state index in [1.807, 2.05) is 0 Å². The van der Waals surface area contributed by atoms with E-state index >= 15 is 0 Å². The number of rotatable bonds is 7. The van der Waals surface area contributed by atoms with Crippen molar-refractivity contribution in [3.8, 4) is 22.8 Å². The lowest BCUT2D eigenvalue weighted by Gasteiger charge is -2.31. The molecule has 2 atom stereocenters. The second kappa shape index (κ2) is 9.73. The molecule has 2 amide bonds. The molecule has 0 aliphatic carbocycles. The van der Waals surface area contributed by atoms with Crippen LogP contribution in [-0.4, -0.2) is 58.5 Å². The maximum atomic E-state index is 14.6. The van der Waals surface area contributed by atoms with Crippen molar-refractivity contribution < 1.29 is 41.7 Å². The molecule has 5 N–H and O–H groups in total. The average Bonchev–Trinajstić information content (AvgIpc) is 3.52. The number of primary amides is 1. The number of amides is 2. The summed E-state index contributed by atoms with van der Waals surface area (Å²) in [7, 11) is 1.41. The molecule has 0 spiro atoms. The first-order chi connectivity index (χ1) is 19.3. The lowest BCUT2D eigenvalue weighted by molar-refractivity contribution is -0.265. The predicted octanol–water partition coefficient (Wildman–Crippen LogP) is 3.09. The number of fused-ring (bicyclic) bond motifs is 2. The summed E-state index contributed by atoms with van der Waals surface area (Å²) in [5.74, 6) is -2.16. The van der Waals surface area contributed by atoms with E-state index in [0.717, 1.165) is 18.2 Å². The van der Waals surface area contributed by atoms with Crippen LogP contribution in [0.1, 0.15) is 28.7 Å². The number of carbonyl (C=O) groups excluding carboxylic acids is 2. The van der Waals surface area contributed by atoms with Crippen LogP contribution in [0.25, 0.3) is 22.2 Å². The molecule has 1 aliphatic rings. The summed E-state index contributed by atoms with van der Waals surface area (Å²) in [5, 5.41) is 20.0. The fourth-order valence-electron chi connectivity index (χ4n) is 4.52. The van der Waals surface area contributed by atoms with Crippen LogP contribution in [-0.2, 0) is 15.8 Å². The van der Waals surface area contributed by atoms with Gasteiger partial charge in [0, 0.05) is 16.5 Å². The maximum Gasteiger partial charge on any atom is 0.424 e. The molecule has 0 fully saturated rings. The van der Waals surface area contributed by atoms with E-state index in [9.17, 15) is 32.3 Å². The highest BCUT2D eigenvalue weighted by Crippen LogP contribution is 2.47. The lowest BCUT2D eigenvalue weighted by atomic mass is 9.81. The van der Waals surface area contributed by atoms with E-state index in [4.69, 9.17) is 15.2 Å². The topological polar surface area (TPSA) is 152 Å². The Kier molecular flexibility index (Phi) is 6.60. The van der Waals surface area contributed by atoms with Crippen LogP contribution in [0.4, 0.5) is 17.6 Å². The number of aromatic amines is 1. The fourth-order valence-corrected chi connectivity index (χ4v) is 4.52. The third-order valence-electron chi connectivity index (χ3n) is 7.12. The van der Waals surface area contributed by atoms with Crippen molar-refractivity contribution in [2.75, 3.05) is 20.3 Å². The van der Waals surface area contributed by atoms with Crippen molar-refractivity contribution in [1.29, 1.82) is 0 Å². The Hall–Kier alpha value is -4.72. The van der Waals surface area contributed by atoms with Crippen molar-refractivity contribution in [2.24, 2.45) is 5.73 Å². The zero-order valence-corrected chi connectivity index (χ0v) is 21.6. The third kappa shape index (κ3) is 4.59. The predicted molar refractivity (Wildman–Crippen MR) is 137 cm³/mol. The Balaban J connectivity index is 1.59. The Bertz CT molecular complexity index is 1670. The molecule has 3 heterocycles. The zero-order chi connectivity index (χ0) is 29.7. The van der Waals surface area contributed by atoms with Crippen LogP contribution >= 0.6 is 0 Å². The summed E-state index contributed by atoms with van der Waals surface area (Å²) in [4.78, 5) is 29.4. The van der Waals surface area contributed by atoms with Gasteiger partial charge in [-0.25, -0.2) is 9.37 Å². The Morgan fingerprint density at radius 3 is 2.54 bits per heavy atom. The van der Waals surface area contributed by atoms with Gasteiger partial charge in [0.1, 0.15) is 35.0 Å². The van der Waals surface area contributed by atoms with Gasteiger partial charge < -0.3 is 25.6 Å². The normalized spacial score (nSPS) is 17.9. The maximum absolute atomic E-state index is 14.6. The van der Waals surface area contributed by atoms with E-state index in [1.165, 1.54) is 32.2 Å². The summed E-state index contributed by atoms with van der Waals surface area (Å²) in [6.45, 7) is -0.283. The Morgan fingerprint density at radius 2 is 1.90 bits per heavy atom. The van der Waals surface area contributed by atoms with Gasteiger partial charge in [-0.2, -0.15) is 18.3 Å². The largest absolute Gasteiger partial charge is 0.497 e.